The van der Waals surface area contributed by atoms with Crippen LogP contribution in [0.25, 0.3) is 0 Å². The summed E-state index contributed by atoms with van der Waals surface area (Å²) < 4.78 is 33.3. The summed E-state index contributed by atoms with van der Waals surface area (Å²) in [5.41, 5.74) is 0.551. The van der Waals surface area contributed by atoms with Gasteiger partial charge < -0.3 is 14.4 Å². The lowest BCUT2D eigenvalue weighted by atomic mass is 10.3. The number of sulfonamides is 1. The number of hydrogen-bond donors (Lipinski definition) is 2. The van der Waals surface area contributed by atoms with E-state index < -0.39 is 10.0 Å². The molecule has 0 spiro atoms. The predicted octanol–water partition coefficient (Wildman–Crippen LogP) is 0.221. The monoisotopic (exact) mass is 276 g/mol. The molecule has 2 N–H and O–H groups in total. The average Bonchev–Trinajstić information content (AvgIpc) is 2.70. The maximum absolute atomic E-state index is 12.1. The summed E-state index contributed by atoms with van der Waals surface area (Å²) in [4.78, 5) is 0.156. The molecule has 0 saturated carbocycles. The molecular weight excluding hydrogens is 256 g/mol. The lowest BCUT2D eigenvalue weighted by molar-refractivity contribution is 0.173. The first-order chi connectivity index (χ1) is 8.44. The van der Waals surface area contributed by atoms with Crippen molar-refractivity contribution in [1.82, 2.24) is 9.29 Å². The summed E-state index contributed by atoms with van der Waals surface area (Å²) in [5, 5.41) is 9.05. The zero-order valence-electron chi connectivity index (χ0n) is 10.9. The largest absolute Gasteiger partial charge is 0.390 e. The number of methoxy groups -OCH3 is 1. The van der Waals surface area contributed by atoms with Gasteiger partial charge in [-0.2, -0.15) is 0 Å². The van der Waals surface area contributed by atoms with E-state index in [1.807, 2.05) is 6.92 Å². The van der Waals surface area contributed by atoms with Crippen molar-refractivity contribution in [2.24, 2.45) is 7.05 Å². The summed E-state index contributed by atoms with van der Waals surface area (Å²) >= 11 is 0. The van der Waals surface area contributed by atoms with Crippen LogP contribution in [0.1, 0.15) is 19.0 Å². The van der Waals surface area contributed by atoms with Crippen LogP contribution in [-0.4, -0.2) is 37.8 Å². The Kier molecular flexibility index (Phi) is 5.33. The Hall–Kier alpha value is -0.890. The van der Waals surface area contributed by atoms with Gasteiger partial charge in [0.15, 0.2) is 0 Å². The van der Waals surface area contributed by atoms with Gasteiger partial charge >= 0.3 is 0 Å². The van der Waals surface area contributed by atoms with Crippen LogP contribution in [0.3, 0.4) is 0 Å². The third-order valence-corrected chi connectivity index (χ3v) is 4.23. The Balaban J connectivity index is 2.91. The highest BCUT2D eigenvalue weighted by atomic mass is 32.2. The van der Waals surface area contributed by atoms with E-state index in [1.165, 1.54) is 19.4 Å². The Morgan fingerprint density at radius 2 is 2.22 bits per heavy atom. The van der Waals surface area contributed by atoms with E-state index in [-0.39, 0.29) is 17.5 Å². The fourth-order valence-electron chi connectivity index (χ4n) is 1.61. The molecule has 18 heavy (non-hydrogen) atoms. The molecule has 1 heterocycles. The van der Waals surface area contributed by atoms with Crippen LogP contribution in [0.5, 0.6) is 0 Å². The molecule has 0 fully saturated rings. The second-order valence-corrected chi connectivity index (χ2v) is 5.83. The number of aliphatic hydroxyl groups is 1. The van der Waals surface area contributed by atoms with Gasteiger partial charge in [-0.05, 0) is 12.5 Å². The number of nitrogens with zero attached hydrogens (tertiary/aromatic N) is 1. The van der Waals surface area contributed by atoms with Gasteiger partial charge in [-0.3, -0.25) is 0 Å². The average molecular weight is 276 g/mol. The molecule has 1 aromatic heterocycles. The lowest BCUT2D eigenvalue weighted by Crippen LogP contribution is -2.37. The minimum Gasteiger partial charge on any atom is -0.390 e. The molecule has 6 nitrogen and oxygen atoms in total. The molecule has 0 bridgehead atoms. The van der Waals surface area contributed by atoms with Gasteiger partial charge in [0, 0.05) is 32.1 Å². The minimum atomic E-state index is -3.57. The normalized spacial score (nSPS) is 13.8. The van der Waals surface area contributed by atoms with Crippen molar-refractivity contribution in [3.8, 4) is 0 Å². The molecule has 7 heteroatoms. The van der Waals surface area contributed by atoms with Crippen LogP contribution in [0, 0.1) is 0 Å². The van der Waals surface area contributed by atoms with Crippen molar-refractivity contribution < 1.29 is 18.3 Å². The van der Waals surface area contributed by atoms with E-state index in [0.29, 0.717) is 18.7 Å². The molecule has 0 aromatic carbocycles. The third-order valence-electron chi connectivity index (χ3n) is 2.74. The van der Waals surface area contributed by atoms with E-state index in [0.717, 1.165) is 0 Å². The molecule has 1 rings (SSSR count). The van der Waals surface area contributed by atoms with Gasteiger partial charge in [0.1, 0.15) is 0 Å². The number of ether oxygens (including phenoxy) is 1. The van der Waals surface area contributed by atoms with Gasteiger partial charge in [0.25, 0.3) is 0 Å². The summed E-state index contributed by atoms with van der Waals surface area (Å²) in [6, 6.07) is 1.21. The number of nitrogens with one attached hydrogen (secondary N) is 1. The van der Waals surface area contributed by atoms with Crippen LogP contribution < -0.4 is 4.72 Å². The highest BCUT2D eigenvalue weighted by Gasteiger charge is 2.21. The first-order valence-electron chi connectivity index (χ1n) is 5.72. The summed E-state index contributed by atoms with van der Waals surface area (Å²) in [7, 11) is -0.345. The highest BCUT2D eigenvalue weighted by molar-refractivity contribution is 7.89. The number of aryl methyl sites for hydroxylation is 1. The molecule has 1 aromatic rings. The number of rotatable bonds is 7. The van der Waals surface area contributed by atoms with Gasteiger partial charge in [-0.15, -0.1) is 0 Å². The number of hydrogen-bond acceptors (Lipinski definition) is 4. The zero-order valence-corrected chi connectivity index (χ0v) is 11.7. The zero-order chi connectivity index (χ0) is 13.8. The predicted molar refractivity (Wildman–Crippen MR) is 67.6 cm³/mol. The standard InChI is InChI=1S/C11H20N2O4S/c1-4-9(8-17-3)12-18(15,16)11-5-10(7-14)13(2)6-11/h5-6,9,12,14H,4,7-8H2,1-3H3. The van der Waals surface area contributed by atoms with Crippen molar-refractivity contribution in [3.63, 3.8) is 0 Å². The molecule has 1 unspecified atom stereocenters. The molecule has 1 atom stereocenters. The Labute approximate surface area is 108 Å². The third kappa shape index (κ3) is 3.55. The fraction of sp³-hybridized carbons (Fsp3) is 0.636. The maximum atomic E-state index is 12.1. The molecular formula is C11H20N2O4S. The minimum absolute atomic E-state index is 0.156. The molecule has 0 aliphatic carbocycles. The SMILES string of the molecule is CCC(COC)NS(=O)(=O)c1cc(CO)n(C)c1. The Morgan fingerprint density at radius 1 is 1.56 bits per heavy atom. The topological polar surface area (TPSA) is 80.6 Å². The number of aliphatic hydroxyl groups excluding tert-OH is 1. The highest BCUT2D eigenvalue weighted by Crippen LogP contribution is 2.14. The first-order valence-corrected chi connectivity index (χ1v) is 7.20. The summed E-state index contributed by atoms with van der Waals surface area (Å²) in [5.74, 6) is 0. The quantitative estimate of drug-likeness (QED) is 0.746. The van der Waals surface area contributed by atoms with Crippen molar-refractivity contribution >= 4 is 10.0 Å². The van der Waals surface area contributed by atoms with Crippen LogP contribution in [-0.2, 0) is 28.4 Å². The smallest absolute Gasteiger partial charge is 0.242 e. The summed E-state index contributed by atoms with van der Waals surface area (Å²) in [6.45, 7) is 2.02. The Morgan fingerprint density at radius 3 is 2.67 bits per heavy atom. The lowest BCUT2D eigenvalue weighted by Gasteiger charge is -2.15. The molecule has 0 saturated heterocycles. The first kappa shape index (κ1) is 15.2. The van der Waals surface area contributed by atoms with Crippen LogP contribution in [0.2, 0.25) is 0 Å². The van der Waals surface area contributed by atoms with E-state index >= 15 is 0 Å². The van der Waals surface area contributed by atoms with E-state index in [1.54, 1.807) is 11.6 Å². The molecule has 104 valence electrons. The Bertz CT molecular complexity index is 481. The van der Waals surface area contributed by atoms with E-state index in [4.69, 9.17) is 9.84 Å². The van der Waals surface area contributed by atoms with E-state index in [2.05, 4.69) is 4.72 Å². The van der Waals surface area contributed by atoms with Crippen molar-refractivity contribution in [2.75, 3.05) is 13.7 Å². The maximum Gasteiger partial charge on any atom is 0.242 e. The van der Waals surface area contributed by atoms with Gasteiger partial charge in [0.05, 0.1) is 18.1 Å². The second-order valence-electron chi connectivity index (χ2n) is 4.12. The van der Waals surface area contributed by atoms with Crippen molar-refractivity contribution in [2.45, 2.75) is 30.9 Å². The van der Waals surface area contributed by atoms with Crippen LogP contribution in [0.4, 0.5) is 0 Å². The van der Waals surface area contributed by atoms with E-state index in [9.17, 15) is 8.42 Å². The molecule has 0 amide bonds. The van der Waals surface area contributed by atoms with Crippen LogP contribution in [0.15, 0.2) is 17.2 Å². The molecule has 0 aliphatic rings. The van der Waals surface area contributed by atoms with Crippen LogP contribution >= 0.6 is 0 Å². The van der Waals surface area contributed by atoms with Gasteiger partial charge in [0.2, 0.25) is 10.0 Å². The van der Waals surface area contributed by atoms with Gasteiger partial charge in [-0.25, -0.2) is 13.1 Å². The fourth-order valence-corrected chi connectivity index (χ4v) is 3.00. The molecule has 0 radical (unpaired) electrons. The summed E-state index contributed by atoms with van der Waals surface area (Å²) in [6.07, 6.45) is 2.13. The number of aromatic nitrogens is 1. The van der Waals surface area contributed by atoms with Gasteiger partial charge in [-0.1, -0.05) is 6.92 Å². The second kappa shape index (κ2) is 6.33. The van der Waals surface area contributed by atoms with Crippen molar-refractivity contribution in [3.05, 3.63) is 18.0 Å². The molecule has 0 aliphatic heterocycles. The van der Waals surface area contributed by atoms with Crippen molar-refractivity contribution in [1.29, 1.82) is 0 Å².